The topological polar surface area (TPSA) is 44.4 Å². The van der Waals surface area contributed by atoms with Gasteiger partial charge in [-0.2, -0.15) is 0 Å². The van der Waals surface area contributed by atoms with Crippen LogP contribution >= 0.6 is 0 Å². The lowest BCUT2D eigenvalue weighted by molar-refractivity contribution is -0.120. The van der Waals surface area contributed by atoms with Crippen molar-refractivity contribution in [2.75, 3.05) is 29.9 Å². The van der Waals surface area contributed by atoms with Crippen LogP contribution in [0.5, 0.6) is 0 Å². The van der Waals surface area contributed by atoms with E-state index in [2.05, 4.69) is 48.4 Å². The average Bonchev–Trinajstić information content (AvgIpc) is 2.37. The van der Waals surface area contributed by atoms with Crippen LogP contribution in [0.25, 0.3) is 0 Å². The maximum Gasteiger partial charge on any atom is 0.239 e. The van der Waals surface area contributed by atoms with Gasteiger partial charge >= 0.3 is 0 Å². The number of amides is 1. The van der Waals surface area contributed by atoms with Crippen LogP contribution in [0.3, 0.4) is 0 Å². The maximum absolute atomic E-state index is 11.8. The minimum atomic E-state index is -0.194. The van der Waals surface area contributed by atoms with Gasteiger partial charge in [-0.1, -0.05) is 0 Å². The van der Waals surface area contributed by atoms with Crippen molar-refractivity contribution in [2.45, 2.75) is 47.1 Å². The van der Waals surface area contributed by atoms with Gasteiger partial charge < -0.3 is 15.5 Å². The SMILES string of the molecule is CCN(CC)c1ccc(NCC(=O)NC(C)(C)C)c(C)c1. The second kappa shape index (κ2) is 7.34. The third kappa shape index (κ3) is 5.66. The number of rotatable bonds is 6. The smallest absolute Gasteiger partial charge is 0.239 e. The summed E-state index contributed by atoms with van der Waals surface area (Å²) in [5.41, 5.74) is 3.19. The van der Waals surface area contributed by atoms with Gasteiger partial charge in [-0.05, 0) is 65.3 Å². The molecule has 0 spiro atoms. The van der Waals surface area contributed by atoms with Crippen molar-refractivity contribution in [2.24, 2.45) is 0 Å². The van der Waals surface area contributed by atoms with Crippen molar-refractivity contribution in [3.05, 3.63) is 23.8 Å². The summed E-state index contributed by atoms with van der Waals surface area (Å²) >= 11 is 0. The van der Waals surface area contributed by atoms with Crippen molar-refractivity contribution in [1.29, 1.82) is 0 Å². The zero-order valence-electron chi connectivity index (χ0n) is 14.2. The average molecular weight is 291 g/mol. The summed E-state index contributed by atoms with van der Waals surface area (Å²) in [6, 6.07) is 6.31. The molecule has 0 bridgehead atoms. The zero-order valence-corrected chi connectivity index (χ0v) is 14.2. The van der Waals surface area contributed by atoms with Crippen LogP contribution in [0, 0.1) is 6.92 Å². The Morgan fingerprint density at radius 2 is 1.81 bits per heavy atom. The number of anilines is 2. The molecule has 0 fully saturated rings. The van der Waals surface area contributed by atoms with Gasteiger partial charge in [0.05, 0.1) is 6.54 Å². The fraction of sp³-hybridized carbons (Fsp3) is 0.588. The Bertz CT molecular complexity index is 473. The first kappa shape index (κ1) is 17.3. The van der Waals surface area contributed by atoms with E-state index in [1.54, 1.807) is 0 Å². The van der Waals surface area contributed by atoms with E-state index in [9.17, 15) is 4.79 Å². The molecular formula is C17H29N3O. The van der Waals surface area contributed by atoms with Crippen LogP contribution in [0.15, 0.2) is 18.2 Å². The number of aryl methyl sites for hydroxylation is 1. The summed E-state index contributed by atoms with van der Waals surface area (Å²) in [5, 5.41) is 6.15. The second-order valence-electron chi connectivity index (χ2n) is 6.32. The quantitative estimate of drug-likeness (QED) is 0.846. The van der Waals surface area contributed by atoms with E-state index >= 15 is 0 Å². The number of hydrogen-bond acceptors (Lipinski definition) is 3. The van der Waals surface area contributed by atoms with Gasteiger partial charge in [0.2, 0.25) is 5.91 Å². The van der Waals surface area contributed by atoms with Gasteiger partial charge in [0, 0.05) is 30.0 Å². The summed E-state index contributed by atoms with van der Waals surface area (Å²) in [6.45, 7) is 14.6. The molecule has 0 atom stereocenters. The molecule has 1 aromatic rings. The predicted molar refractivity (Wildman–Crippen MR) is 91.1 cm³/mol. The zero-order chi connectivity index (χ0) is 16.0. The van der Waals surface area contributed by atoms with E-state index in [0.29, 0.717) is 6.54 Å². The van der Waals surface area contributed by atoms with Crippen molar-refractivity contribution in [3.63, 3.8) is 0 Å². The molecule has 2 N–H and O–H groups in total. The second-order valence-corrected chi connectivity index (χ2v) is 6.32. The minimum Gasteiger partial charge on any atom is -0.376 e. The highest BCUT2D eigenvalue weighted by molar-refractivity contribution is 5.81. The molecule has 118 valence electrons. The number of carbonyl (C=O) groups is 1. The normalized spacial score (nSPS) is 11.1. The first-order valence-electron chi connectivity index (χ1n) is 7.67. The molecule has 0 unspecified atom stereocenters. The van der Waals surface area contributed by atoms with E-state index in [0.717, 1.165) is 24.3 Å². The molecule has 1 amide bonds. The molecule has 0 radical (unpaired) electrons. The van der Waals surface area contributed by atoms with E-state index in [4.69, 9.17) is 0 Å². The van der Waals surface area contributed by atoms with Gasteiger partial charge in [0.25, 0.3) is 0 Å². The molecule has 1 aromatic carbocycles. The van der Waals surface area contributed by atoms with Gasteiger partial charge in [-0.15, -0.1) is 0 Å². The molecule has 0 aliphatic heterocycles. The van der Waals surface area contributed by atoms with Crippen LogP contribution in [0.4, 0.5) is 11.4 Å². The maximum atomic E-state index is 11.8. The number of nitrogens with zero attached hydrogens (tertiary/aromatic N) is 1. The van der Waals surface area contributed by atoms with E-state index in [1.807, 2.05) is 26.8 Å². The summed E-state index contributed by atoms with van der Waals surface area (Å²) in [5.74, 6) is 0.00900. The highest BCUT2D eigenvalue weighted by Gasteiger charge is 2.13. The monoisotopic (exact) mass is 291 g/mol. The van der Waals surface area contributed by atoms with Gasteiger partial charge in [-0.3, -0.25) is 4.79 Å². The van der Waals surface area contributed by atoms with Crippen LogP contribution in [-0.2, 0) is 4.79 Å². The lowest BCUT2D eigenvalue weighted by atomic mass is 10.1. The number of hydrogen-bond donors (Lipinski definition) is 2. The summed E-state index contributed by atoms with van der Waals surface area (Å²) in [6.07, 6.45) is 0. The van der Waals surface area contributed by atoms with E-state index < -0.39 is 0 Å². The third-order valence-electron chi connectivity index (χ3n) is 3.29. The summed E-state index contributed by atoms with van der Waals surface area (Å²) in [4.78, 5) is 14.1. The Morgan fingerprint density at radius 1 is 1.19 bits per heavy atom. The number of carbonyl (C=O) groups excluding carboxylic acids is 1. The fourth-order valence-electron chi connectivity index (χ4n) is 2.27. The Kier molecular flexibility index (Phi) is 6.06. The molecule has 0 aliphatic rings. The number of benzene rings is 1. The van der Waals surface area contributed by atoms with Crippen molar-refractivity contribution in [3.8, 4) is 0 Å². The molecular weight excluding hydrogens is 262 g/mol. The molecule has 0 aliphatic carbocycles. The molecule has 0 saturated carbocycles. The molecule has 0 heterocycles. The largest absolute Gasteiger partial charge is 0.376 e. The Labute approximate surface area is 128 Å². The first-order chi connectivity index (χ1) is 9.76. The molecule has 1 rings (SSSR count). The van der Waals surface area contributed by atoms with Crippen molar-refractivity contribution in [1.82, 2.24) is 5.32 Å². The van der Waals surface area contributed by atoms with E-state index in [-0.39, 0.29) is 11.4 Å². The molecule has 21 heavy (non-hydrogen) atoms. The third-order valence-corrected chi connectivity index (χ3v) is 3.29. The molecule has 4 nitrogen and oxygen atoms in total. The predicted octanol–water partition coefficient (Wildman–Crippen LogP) is 3.17. The Morgan fingerprint density at radius 3 is 2.29 bits per heavy atom. The first-order valence-corrected chi connectivity index (χ1v) is 7.67. The Hall–Kier alpha value is -1.71. The molecule has 4 heteroatoms. The van der Waals surface area contributed by atoms with Gasteiger partial charge in [0.1, 0.15) is 0 Å². The molecule has 0 saturated heterocycles. The summed E-state index contributed by atoms with van der Waals surface area (Å²) in [7, 11) is 0. The van der Waals surface area contributed by atoms with Crippen molar-refractivity contribution < 1.29 is 4.79 Å². The number of nitrogens with one attached hydrogen (secondary N) is 2. The minimum absolute atomic E-state index is 0.00900. The van der Waals surface area contributed by atoms with Crippen molar-refractivity contribution >= 4 is 17.3 Å². The lowest BCUT2D eigenvalue weighted by Crippen LogP contribution is -2.43. The fourth-order valence-corrected chi connectivity index (χ4v) is 2.27. The van der Waals surface area contributed by atoms with Gasteiger partial charge in [0.15, 0.2) is 0 Å². The highest BCUT2D eigenvalue weighted by atomic mass is 16.2. The van der Waals surface area contributed by atoms with Crippen LogP contribution in [0.2, 0.25) is 0 Å². The van der Waals surface area contributed by atoms with Gasteiger partial charge in [-0.25, -0.2) is 0 Å². The van der Waals surface area contributed by atoms with Crippen LogP contribution in [0.1, 0.15) is 40.2 Å². The van der Waals surface area contributed by atoms with E-state index in [1.165, 1.54) is 5.69 Å². The van der Waals surface area contributed by atoms with Crippen LogP contribution in [-0.4, -0.2) is 31.1 Å². The molecule has 0 aromatic heterocycles. The Balaban J connectivity index is 2.67. The standard InChI is InChI=1S/C17H29N3O/c1-7-20(8-2)14-9-10-15(13(3)11-14)18-12-16(21)19-17(4,5)6/h9-11,18H,7-8,12H2,1-6H3,(H,19,21). The summed E-state index contributed by atoms with van der Waals surface area (Å²) < 4.78 is 0. The highest BCUT2D eigenvalue weighted by Crippen LogP contribution is 2.22. The lowest BCUT2D eigenvalue weighted by Gasteiger charge is -2.23. The van der Waals surface area contributed by atoms with Crippen LogP contribution < -0.4 is 15.5 Å².